The van der Waals surface area contributed by atoms with E-state index in [9.17, 15) is 4.79 Å². The number of carbonyl (C=O) groups is 1. The van der Waals surface area contributed by atoms with Crippen LogP contribution in [0.2, 0.25) is 0 Å². The van der Waals surface area contributed by atoms with Crippen molar-refractivity contribution in [3.8, 4) is 0 Å². The van der Waals surface area contributed by atoms with Gasteiger partial charge >= 0.3 is 0 Å². The van der Waals surface area contributed by atoms with Crippen LogP contribution in [0.3, 0.4) is 0 Å². The second kappa shape index (κ2) is 4.10. The van der Waals surface area contributed by atoms with E-state index in [1.54, 1.807) is 31.6 Å². The molecule has 0 bridgehead atoms. The first-order valence-corrected chi connectivity index (χ1v) is 4.57. The van der Waals surface area contributed by atoms with Gasteiger partial charge in [0.25, 0.3) is 0 Å². The van der Waals surface area contributed by atoms with Crippen molar-refractivity contribution in [1.29, 1.82) is 0 Å². The molecule has 76 valence electrons. The van der Waals surface area contributed by atoms with Crippen molar-refractivity contribution in [2.24, 2.45) is 0 Å². The Balaban J connectivity index is 2.42. The first-order valence-electron chi connectivity index (χ1n) is 4.57. The number of fused-ring (bicyclic) bond motifs is 1. The van der Waals surface area contributed by atoms with Crippen LogP contribution in [0.1, 0.15) is 10.5 Å². The number of hydrogen-bond donors (Lipinski definition) is 1. The van der Waals surface area contributed by atoms with Gasteiger partial charge in [0.15, 0.2) is 11.4 Å². The number of nitrogens with zero attached hydrogens (tertiary/aromatic N) is 3. The fourth-order valence-corrected chi connectivity index (χ4v) is 1.26. The molecule has 0 atom stereocenters. The maximum Gasteiger partial charge on any atom is 0.194 e. The zero-order valence-corrected chi connectivity index (χ0v) is 8.27. The molecule has 0 amide bonds. The van der Waals surface area contributed by atoms with Gasteiger partial charge in [0.1, 0.15) is 11.2 Å². The van der Waals surface area contributed by atoms with Crippen LogP contribution >= 0.6 is 0 Å². The molecule has 15 heavy (non-hydrogen) atoms. The van der Waals surface area contributed by atoms with Crippen LogP contribution in [0.5, 0.6) is 0 Å². The second-order valence-corrected chi connectivity index (χ2v) is 3.05. The van der Waals surface area contributed by atoms with E-state index in [0.717, 1.165) is 0 Å². The highest BCUT2D eigenvalue weighted by Crippen LogP contribution is 2.06. The smallest absolute Gasteiger partial charge is 0.194 e. The highest BCUT2D eigenvalue weighted by atomic mass is 16.1. The molecule has 0 spiro atoms. The third kappa shape index (κ3) is 1.97. The lowest BCUT2D eigenvalue weighted by atomic mass is 10.2. The summed E-state index contributed by atoms with van der Waals surface area (Å²) in [6.45, 7) is 0.277. The van der Waals surface area contributed by atoms with E-state index in [0.29, 0.717) is 16.9 Å². The Bertz CT molecular complexity index is 498. The number of carbonyl (C=O) groups excluding carboxylic acids is 1. The third-order valence-electron chi connectivity index (χ3n) is 1.95. The van der Waals surface area contributed by atoms with Crippen LogP contribution in [0, 0.1) is 0 Å². The normalized spacial score (nSPS) is 10.5. The zero-order chi connectivity index (χ0) is 10.7. The standard InChI is InChI=1S/C10H10N4O/c1-11-6-9(15)7-2-3-8-10(14-7)13-5-4-12-8/h2-5,11H,6H2,1H3. The van der Waals surface area contributed by atoms with E-state index in [2.05, 4.69) is 20.3 Å². The molecule has 0 unspecified atom stereocenters. The monoisotopic (exact) mass is 202 g/mol. The third-order valence-corrected chi connectivity index (χ3v) is 1.95. The molecule has 0 aliphatic rings. The molecule has 5 nitrogen and oxygen atoms in total. The van der Waals surface area contributed by atoms with Crippen LogP contribution in [-0.4, -0.2) is 34.3 Å². The predicted octanol–water partition coefficient (Wildman–Crippen LogP) is 0.427. The van der Waals surface area contributed by atoms with Crippen molar-refractivity contribution >= 4 is 16.9 Å². The van der Waals surface area contributed by atoms with Crippen LogP contribution in [-0.2, 0) is 0 Å². The molecule has 0 radical (unpaired) electrons. The van der Waals surface area contributed by atoms with Crippen molar-refractivity contribution in [2.45, 2.75) is 0 Å². The number of aromatic nitrogens is 3. The van der Waals surface area contributed by atoms with Gasteiger partial charge in [0, 0.05) is 12.4 Å². The molecule has 0 fully saturated rings. The minimum atomic E-state index is -0.0509. The van der Waals surface area contributed by atoms with Gasteiger partial charge in [-0.25, -0.2) is 9.97 Å². The maximum absolute atomic E-state index is 11.5. The molecular formula is C10H10N4O. The van der Waals surface area contributed by atoms with Crippen molar-refractivity contribution in [3.63, 3.8) is 0 Å². The number of ketones is 1. The number of hydrogen-bond acceptors (Lipinski definition) is 5. The average Bonchev–Trinajstić information content (AvgIpc) is 2.29. The fourth-order valence-electron chi connectivity index (χ4n) is 1.26. The first kappa shape index (κ1) is 9.67. The van der Waals surface area contributed by atoms with Crippen molar-refractivity contribution in [3.05, 3.63) is 30.2 Å². The van der Waals surface area contributed by atoms with Gasteiger partial charge in [-0.3, -0.25) is 9.78 Å². The fraction of sp³-hybridized carbons (Fsp3) is 0.200. The topological polar surface area (TPSA) is 67.8 Å². The molecule has 2 rings (SSSR count). The lowest BCUT2D eigenvalue weighted by Crippen LogP contribution is -2.19. The average molecular weight is 202 g/mol. The molecule has 5 heteroatoms. The molecule has 0 saturated carbocycles. The van der Waals surface area contributed by atoms with E-state index in [1.807, 2.05) is 0 Å². The summed E-state index contributed by atoms with van der Waals surface area (Å²) in [7, 11) is 1.72. The van der Waals surface area contributed by atoms with E-state index in [-0.39, 0.29) is 12.3 Å². The Labute approximate surface area is 86.6 Å². The summed E-state index contributed by atoms with van der Waals surface area (Å²) >= 11 is 0. The molecule has 1 N–H and O–H groups in total. The van der Waals surface area contributed by atoms with Crippen molar-refractivity contribution in [2.75, 3.05) is 13.6 Å². The molecule has 2 aromatic rings. The van der Waals surface area contributed by atoms with Gasteiger partial charge in [0.2, 0.25) is 0 Å². The van der Waals surface area contributed by atoms with E-state index in [4.69, 9.17) is 0 Å². The number of pyridine rings is 1. The summed E-state index contributed by atoms with van der Waals surface area (Å²) < 4.78 is 0. The first-order chi connectivity index (χ1) is 7.31. The quantitative estimate of drug-likeness (QED) is 0.731. The molecule has 2 aromatic heterocycles. The van der Waals surface area contributed by atoms with Gasteiger partial charge in [-0.1, -0.05) is 0 Å². The summed E-state index contributed by atoms with van der Waals surface area (Å²) in [5.74, 6) is -0.0509. The lowest BCUT2D eigenvalue weighted by molar-refractivity contribution is 0.0989. The maximum atomic E-state index is 11.5. The summed E-state index contributed by atoms with van der Waals surface area (Å²) in [4.78, 5) is 23.8. The number of Topliss-reactive ketones (excluding diaryl/α,β-unsaturated/α-hetero) is 1. The molecule has 2 heterocycles. The largest absolute Gasteiger partial charge is 0.313 e. The number of rotatable bonds is 3. The van der Waals surface area contributed by atoms with E-state index in [1.165, 1.54) is 0 Å². The molecular weight excluding hydrogens is 192 g/mol. The predicted molar refractivity (Wildman–Crippen MR) is 55.6 cm³/mol. The lowest BCUT2D eigenvalue weighted by Gasteiger charge is -2.00. The van der Waals surface area contributed by atoms with Crippen molar-refractivity contribution in [1.82, 2.24) is 20.3 Å². The summed E-state index contributed by atoms with van der Waals surface area (Å²) in [5, 5.41) is 2.79. The Morgan fingerprint density at radius 3 is 2.93 bits per heavy atom. The Hall–Kier alpha value is -1.88. The van der Waals surface area contributed by atoms with Gasteiger partial charge in [-0.05, 0) is 19.2 Å². The van der Waals surface area contributed by atoms with Gasteiger partial charge < -0.3 is 5.32 Å². The Morgan fingerprint density at radius 1 is 1.33 bits per heavy atom. The van der Waals surface area contributed by atoms with Crippen LogP contribution < -0.4 is 5.32 Å². The summed E-state index contributed by atoms with van der Waals surface area (Å²) in [6.07, 6.45) is 3.15. The molecule has 0 aromatic carbocycles. The minimum Gasteiger partial charge on any atom is -0.313 e. The number of likely N-dealkylation sites (N-methyl/N-ethyl adjacent to an activating group) is 1. The highest BCUT2D eigenvalue weighted by Gasteiger charge is 2.07. The highest BCUT2D eigenvalue weighted by molar-refractivity contribution is 5.97. The molecule has 0 aliphatic carbocycles. The van der Waals surface area contributed by atoms with Gasteiger partial charge in [-0.2, -0.15) is 0 Å². The van der Waals surface area contributed by atoms with Crippen LogP contribution in [0.4, 0.5) is 0 Å². The van der Waals surface area contributed by atoms with Crippen LogP contribution in [0.25, 0.3) is 11.2 Å². The van der Waals surface area contributed by atoms with Gasteiger partial charge in [-0.15, -0.1) is 0 Å². The molecule has 0 saturated heterocycles. The number of nitrogens with one attached hydrogen (secondary N) is 1. The van der Waals surface area contributed by atoms with E-state index < -0.39 is 0 Å². The summed E-state index contributed by atoms with van der Waals surface area (Å²) in [5.41, 5.74) is 1.61. The van der Waals surface area contributed by atoms with Gasteiger partial charge in [0.05, 0.1) is 6.54 Å². The minimum absolute atomic E-state index is 0.0509. The Morgan fingerprint density at radius 2 is 2.13 bits per heavy atom. The van der Waals surface area contributed by atoms with Crippen molar-refractivity contribution < 1.29 is 4.79 Å². The summed E-state index contributed by atoms with van der Waals surface area (Å²) in [6, 6.07) is 3.41. The van der Waals surface area contributed by atoms with Crippen LogP contribution in [0.15, 0.2) is 24.5 Å². The second-order valence-electron chi connectivity index (χ2n) is 3.05. The zero-order valence-electron chi connectivity index (χ0n) is 8.27. The van der Waals surface area contributed by atoms with E-state index >= 15 is 0 Å². The SMILES string of the molecule is CNCC(=O)c1ccc2nccnc2n1. The molecule has 0 aliphatic heterocycles. The Kier molecular flexibility index (Phi) is 2.64.